The first kappa shape index (κ1) is 16.1. The van der Waals surface area contributed by atoms with Crippen LogP contribution in [0, 0.1) is 25.2 Å². The van der Waals surface area contributed by atoms with Crippen molar-refractivity contribution in [3.8, 4) is 6.07 Å². The minimum atomic E-state index is 0.415. The second kappa shape index (κ2) is 6.37. The Morgan fingerprint density at radius 1 is 1.04 bits per heavy atom. The molecule has 2 aromatic carbocycles. The van der Waals surface area contributed by atoms with Gasteiger partial charge >= 0.3 is 0 Å². The van der Waals surface area contributed by atoms with Crippen molar-refractivity contribution >= 4 is 22.4 Å². The van der Waals surface area contributed by atoms with Crippen LogP contribution in [0.5, 0.6) is 0 Å². The lowest BCUT2D eigenvalue weighted by Crippen LogP contribution is -2.04. The smallest absolute Gasteiger partial charge is 0.0998 e. The van der Waals surface area contributed by atoms with Crippen LogP contribution in [0.4, 0.5) is 0 Å². The average molecular weight is 314 g/mol. The normalized spacial score (nSPS) is 11.9. The number of allylic oxidation sites excluding steroid dienone is 1. The van der Waals surface area contributed by atoms with E-state index in [4.69, 9.17) is 0 Å². The Kier molecular flexibility index (Phi) is 4.27. The van der Waals surface area contributed by atoms with Crippen molar-refractivity contribution in [2.45, 2.75) is 33.7 Å². The van der Waals surface area contributed by atoms with E-state index in [1.54, 1.807) is 0 Å². The second-order valence-electron chi connectivity index (χ2n) is 6.52. The van der Waals surface area contributed by atoms with Crippen LogP contribution in [-0.2, 0) is 0 Å². The molecule has 0 fully saturated rings. The van der Waals surface area contributed by atoms with Gasteiger partial charge in [-0.2, -0.15) is 5.26 Å². The van der Waals surface area contributed by atoms with E-state index >= 15 is 0 Å². The van der Waals surface area contributed by atoms with Crippen molar-refractivity contribution in [3.63, 3.8) is 0 Å². The molecule has 24 heavy (non-hydrogen) atoms. The number of fused-ring (bicyclic) bond motifs is 1. The van der Waals surface area contributed by atoms with Crippen molar-refractivity contribution in [1.29, 1.82) is 5.26 Å². The molecule has 1 heterocycles. The molecule has 0 spiro atoms. The summed E-state index contributed by atoms with van der Waals surface area (Å²) in [5.41, 5.74) is 5.21. The molecule has 0 atom stereocenters. The number of aryl methyl sites for hydroxylation is 1. The maximum absolute atomic E-state index is 9.66. The number of benzene rings is 2. The van der Waals surface area contributed by atoms with Gasteiger partial charge in [-0.3, -0.25) is 0 Å². The number of hydrogen-bond donors (Lipinski definition) is 0. The van der Waals surface area contributed by atoms with Crippen LogP contribution in [-0.4, -0.2) is 4.57 Å². The molecular weight excluding hydrogens is 292 g/mol. The summed E-state index contributed by atoms with van der Waals surface area (Å²) in [6.07, 6.45) is 2.01. The summed E-state index contributed by atoms with van der Waals surface area (Å²) < 4.78 is 2.31. The van der Waals surface area contributed by atoms with Crippen LogP contribution in [0.3, 0.4) is 0 Å². The van der Waals surface area contributed by atoms with Crippen molar-refractivity contribution in [1.82, 2.24) is 4.57 Å². The highest BCUT2D eigenvalue weighted by Crippen LogP contribution is 2.26. The largest absolute Gasteiger partial charge is 0.346 e. The minimum absolute atomic E-state index is 0.415. The fourth-order valence-corrected chi connectivity index (χ4v) is 3.44. The molecule has 0 unspecified atom stereocenters. The van der Waals surface area contributed by atoms with Gasteiger partial charge in [0.05, 0.1) is 11.6 Å². The summed E-state index contributed by atoms with van der Waals surface area (Å²) in [7, 11) is 0. The van der Waals surface area contributed by atoms with Gasteiger partial charge in [-0.15, -0.1) is 0 Å². The van der Waals surface area contributed by atoms with E-state index in [1.165, 1.54) is 16.8 Å². The van der Waals surface area contributed by atoms with E-state index in [0.29, 0.717) is 11.6 Å². The molecule has 0 amide bonds. The lowest BCUT2D eigenvalue weighted by molar-refractivity contribution is 0.574. The molecule has 1 aromatic heterocycles. The van der Waals surface area contributed by atoms with Gasteiger partial charge in [0.25, 0.3) is 0 Å². The topological polar surface area (TPSA) is 28.7 Å². The zero-order valence-corrected chi connectivity index (χ0v) is 14.7. The summed E-state index contributed by atoms with van der Waals surface area (Å²) in [4.78, 5) is 0. The molecule has 0 aliphatic rings. The van der Waals surface area contributed by atoms with Crippen molar-refractivity contribution in [2.75, 3.05) is 0 Å². The van der Waals surface area contributed by atoms with Crippen molar-refractivity contribution < 1.29 is 0 Å². The molecule has 2 heteroatoms. The molecule has 0 aliphatic heterocycles. The Labute approximate surface area is 143 Å². The molecule has 0 aliphatic carbocycles. The lowest BCUT2D eigenvalue weighted by atomic mass is 10.0. The predicted octanol–water partition coefficient (Wildman–Crippen LogP) is 5.90. The number of aromatic nitrogens is 1. The lowest BCUT2D eigenvalue weighted by Gasteiger charge is -2.13. The molecule has 3 aromatic rings. The van der Waals surface area contributed by atoms with Gasteiger partial charge in [-0.1, -0.05) is 36.4 Å². The van der Waals surface area contributed by atoms with Gasteiger partial charge in [0.2, 0.25) is 0 Å². The SMILES string of the molecule is Cc1cc(C=C(C#N)c2ccc3ccccc3c2)c(C)n1C(C)C. The average Bonchev–Trinajstić information content (AvgIpc) is 2.85. The van der Waals surface area contributed by atoms with Crippen LogP contribution in [0.1, 0.15) is 42.4 Å². The third kappa shape index (κ3) is 2.86. The Hall–Kier alpha value is -2.79. The monoisotopic (exact) mass is 314 g/mol. The highest BCUT2D eigenvalue weighted by Gasteiger charge is 2.11. The molecule has 0 N–H and O–H groups in total. The number of hydrogen-bond acceptors (Lipinski definition) is 1. The van der Waals surface area contributed by atoms with E-state index in [2.05, 4.69) is 68.7 Å². The summed E-state index contributed by atoms with van der Waals surface area (Å²) in [6.45, 7) is 8.60. The summed E-state index contributed by atoms with van der Waals surface area (Å²) in [5, 5.41) is 12.0. The quantitative estimate of drug-likeness (QED) is 0.553. The van der Waals surface area contributed by atoms with Gasteiger partial charge in [0.1, 0.15) is 0 Å². The molecular formula is C22H22N2. The van der Waals surface area contributed by atoms with E-state index in [0.717, 1.165) is 16.5 Å². The zero-order valence-electron chi connectivity index (χ0n) is 14.7. The standard InChI is InChI=1S/C22H22N2/c1-15(2)24-16(3)11-21(17(24)4)13-22(14-23)20-10-9-18-7-5-6-8-19(18)12-20/h5-13,15H,1-4H3. The van der Waals surface area contributed by atoms with Gasteiger partial charge in [0.15, 0.2) is 0 Å². The fraction of sp³-hybridized carbons (Fsp3) is 0.227. The molecule has 120 valence electrons. The zero-order chi connectivity index (χ0) is 17.3. The first-order valence-corrected chi connectivity index (χ1v) is 8.30. The Morgan fingerprint density at radius 3 is 2.38 bits per heavy atom. The molecule has 0 saturated heterocycles. The maximum atomic E-state index is 9.66. The highest BCUT2D eigenvalue weighted by atomic mass is 15.0. The van der Waals surface area contributed by atoms with Crippen LogP contribution in [0.2, 0.25) is 0 Å². The number of nitrogens with zero attached hydrogens (tertiary/aromatic N) is 2. The van der Waals surface area contributed by atoms with Crippen LogP contribution in [0.25, 0.3) is 22.4 Å². The Balaban J connectivity index is 2.09. The third-order valence-corrected chi connectivity index (χ3v) is 4.52. The van der Waals surface area contributed by atoms with E-state index in [1.807, 2.05) is 24.3 Å². The Bertz CT molecular complexity index is 965. The molecule has 0 bridgehead atoms. The van der Waals surface area contributed by atoms with Crippen molar-refractivity contribution in [2.24, 2.45) is 0 Å². The summed E-state index contributed by atoms with van der Waals surface area (Å²) in [5.74, 6) is 0. The maximum Gasteiger partial charge on any atom is 0.0998 e. The van der Waals surface area contributed by atoms with E-state index in [9.17, 15) is 5.26 Å². The molecule has 2 nitrogen and oxygen atoms in total. The van der Waals surface area contributed by atoms with Crippen LogP contribution in [0.15, 0.2) is 48.5 Å². The second-order valence-corrected chi connectivity index (χ2v) is 6.52. The van der Waals surface area contributed by atoms with Gasteiger partial charge in [-0.25, -0.2) is 0 Å². The van der Waals surface area contributed by atoms with Gasteiger partial charge < -0.3 is 4.57 Å². The fourth-order valence-electron chi connectivity index (χ4n) is 3.44. The predicted molar refractivity (Wildman–Crippen MR) is 102 cm³/mol. The highest BCUT2D eigenvalue weighted by molar-refractivity contribution is 5.94. The molecule has 3 rings (SSSR count). The summed E-state index contributed by atoms with van der Waals surface area (Å²) in [6, 6.07) is 19.4. The van der Waals surface area contributed by atoms with E-state index in [-0.39, 0.29) is 0 Å². The first-order chi connectivity index (χ1) is 11.5. The van der Waals surface area contributed by atoms with E-state index < -0.39 is 0 Å². The minimum Gasteiger partial charge on any atom is -0.346 e. The Morgan fingerprint density at radius 2 is 1.75 bits per heavy atom. The van der Waals surface area contributed by atoms with Crippen LogP contribution >= 0.6 is 0 Å². The summed E-state index contributed by atoms with van der Waals surface area (Å²) >= 11 is 0. The van der Waals surface area contributed by atoms with Gasteiger partial charge in [0, 0.05) is 17.4 Å². The van der Waals surface area contributed by atoms with Crippen LogP contribution < -0.4 is 0 Å². The third-order valence-electron chi connectivity index (χ3n) is 4.52. The first-order valence-electron chi connectivity index (χ1n) is 8.30. The van der Waals surface area contributed by atoms with Gasteiger partial charge in [-0.05, 0) is 67.8 Å². The number of rotatable bonds is 3. The van der Waals surface area contributed by atoms with Crippen molar-refractivity contribution in [3.05, 3.63) is 71.0 Å². The molecule has 0 radical (unpaired) electrons. The number of nitriles is 1. The molecule has 0 saturated carbocycles.